The highest BCUT2D eigenvalue weighted by molar-refractivity contribution is 7.16. The Morgan fingerprint density at radius 2 is 2.23 bits per heavy atom. The standard InChI is InChI=1S/C16H17N5O4S/c1-3-25-9-8-20-12-5-4-11(21(23)24)10-14(12)26-16(20)18-15(22)13-6-7-17-19(13)2/h4-7,10H,3,8-9H2,1-2H3. The highest BCUT2D eigenvalue weighted by Crippen LogP contribution is 2.23. The highest BCUT2D eigenvalue weighted by Gasteiger charge is 2.14. The van der Waals surface area contributed by atoms with Gasteiger partial charge in [-0.2, -0.15) is 10.1 Å². The Balaban J connectivity index is 2.10. The zero-order chi connectivity index (χ0) is 18.7. The van der Waals surface area contributed by atoms with Crippen LogP contribution in [0.2, 0.25) is 0 Å². The molecule has 0 aliphatic rings. The molecule has 0 unspecified atom stereocenters. The fourth-order valence-corrected chi connectivity index (χ4v) is 3.59. The van der Waals surface area contributed by atoms with Crippen LogP contribution in [0.1, 0.15) is 17.4 Å². The summed E-state index contributed by atoms with van der Waals surface area (Å²) >= 11 is 1.23. The van der Waals surface area contributed by atoms with Crippen molar-refractivity contribution in [3.8, 4) is 0 Å². The third-order valence-corrected chi connectivity index (χ3v) is 4.82. The summed E-state index contributed by atoms with van der Waals surface area (Å²) in [6.45, 7) is 3.42. The number of aryl methyl sites for hydroxylation is 1. The average Bonchev–Trinajstić information content (AvgIpc) is 3.18. The lowest BCUT2D eigenvalue weighted by atomic mass is 10.3. The van der Waals surface area contributed by atoms with Crippen LogP contribution in [-0.2, 0) is 18.3 Å². The lowest BCUT2D eigenvalue weighted by Gasteiger charge is -2.05. The molecule has 0 bridgehead atoms. The predicted octanol–water partition coefficient (Wildman–Crippen LogP) is 2.12. The summed E-state index contributed by atoms with van der Waals surface area (Å²) < 4.78 is 9.38. The van der Waals surface area contributed by atoms with E-state index in [2.05, 4.69) is 10.1 Å². The van der Waals surface area contributed by atoms with Gasteiger partial charge >= 0.3 is 0 Å². The molecule has 0 aliphatic heterocycles. The Kier molecular flexibility index (Phi) is 5.24. The summed E-state index contributed by atoms with van der Waals surface area (Å²) in [4.78, 5) is 27.7. The molecule has 0 radical (unpaired) electrons. The molecule has 3 rings (SSSR count). The first kappa shape index (κ1) is 18.0. The quantitative estimate of drug-likeness (QED) is 0.373. The third-order valence-electron chi connectivity index (χ3n) is 3.78. The van der Waals surface area contributed by atoms with E-state index in [-0.39, 0.29) is 5.69 Å². The lowest BCUT2D eigenvalue weighted by molar-refractivity contribution is -0.384. The Labute approximate surface area is 152 Å². The van der Waals surface area contributed by atoms with Crippen molar-refractivity contribution in [3.63, 3.8) is 0 Å². The number of hydrogen-bond acceptors (Lipinski definition) is 6. The summed E-state index contributed by atoms with van der Waals surface area (Å²) in [5, 5.41) is 15.0. The van der Waals surface area contributed by atoms with Crippen LogP contribution in [0.4, 0.5) is 5.69 Å². The number of thiazole rings is 1. The van der Waals surface area contributed by atoms with E-state index in [0.29, 0.717) is 35.0 Å². The number of ether oxygens (including phenoxy) is 1. The number of nitrogens with zero attached hydrogens (tertiary/aromatic N) is 5. The van der Waals surface area contributed by atoms with E-state index in [0.717, 1.165) is 5.52 Å². The summed E-state index contributed by atoms with van der Waals surface area (Å²) in [6.07, 6.45) is 1.53. The molecule has 2 heterocycles. The van der Waals surface area contributed by atoms with Crippen LogP contribution in [0.5, 0.6) is 0 Å². The largest absolute Gasteiger partial charge is 0.380 e. The van der Waals surface area contributed by atoms with Gasteiger partial charge in [0.05, 0.1) is 21.7 Å². The van der Waals surface area contributed by atoms with E-state index in [1.165, 1.54) is 34.3 Å². The number of nitro benzene ring substituents is 1. The maximum Gasteiger partial charge on any atom is 0.297 e. The molecule has 136 valence electrons. The average molecular weight is 375 g/mol. The van der Waals surface area contributed by atoms with Gasteiger partial charge in [-0.3, -0.25) is 19.6 Å². The minimum Gasteiger partial charge on any atom is -0.380 e. The molecule has 0 N–H and O–H groups in total. The van der Waals surface area contributed by atoms with Gasteiger partial charge in [0.15, 0.2) is 4.80 Å². The molecule has 0 spiro atoms. The number of carbonyl (C=O) groups is 1. The molecule has 9 nitrogen and oxygen atoms in total. The Bertz CT molecular complexity index is 1030. The summed E-state index contributed by atoms with van der Waals surface area (Å²) in [5.74, 6) is -0.420. The number of rotatable bonds is 6. The van der Waals surface area contributed by atoms with E-state index in [4.69, 9.17) is 4.74 Å². The van der Waals surface area contributed by atoms with Crippen molar-refractivity contribution in [1.82, 2.24) is 14.3 Å². The number of fused-ring (bicyclic) bond motifs is 1. The van der Waals surface area contributed by atoms with Crippen LogP contribution in [-0.4, -0.2) is 38.4 Å². The van der Waals surface area contributed by atoms with E-state index in [9.17, 15) is 14.9 Å². The van der Waals surface area contributed by atoms with Crippen molar-refractivity contribution in [2.24, 2.45) is 12.0 Å². The number of carbonyl (C=O) groups excluding carboxylic acids is 1. The van der Waals surface area contributed by atoms with E-state index >= 15 is 0 Å². The van der Waals surface area contributed by atoms with Gasteiger partial charge in [-0.05, 0) is 19.1 Å². The molecule has 10 heteroatoms. The summed E-state index contributed by atoms with van der Waals surface area (Å²) in [6, 6.07) is 6.20. The Morgan fingerprint density at radius 3 is 2.88 bits per heavy atom. The minimum atomic E-state index is -0.443. The van der Waals surface area contributed by atoms with E-state index < -0.39 is 10.8 Å². The molecule has 0 aliphatic carbocycles. The monoisotopic (exact) mass is 375 g/mol. The normalized spacial score (nSPS) is 12.0. The molecule has 2 aromatic heterocycles. The first-order chi connectivity index (χ1) is 12.5. The zero-order valence-corrected chi connectivity index (χ0v) is 15.1. The van der Waals surface area contributed by atoms with Crippen LogP contribution >= 0.6 is 11.3 Å². The maximum absolute atomic E-state index is 12.5. The second kappa shape index (κ2) is 7.58. The number of hydrogen-bond donors (Lipinski definition) is 0. The van der Waals surface area contributed by atoms with Crippen molar-refractivity contribution < 1.29 is 14.5 Å². The minimum absolute atomic E-state index is 0.000203. The predicted molar refractivity (Wildman–Crippen MR) is 96.1 cm³/mol. The summed E-state index contributed by atoms with van der Waals surface area (Å²) in [7, 11) is 1.67. The van der Waals surface area contributed by atoms with Gasteiger partial charge in [-0.15, -0.1) is 0 Å². The lowest BCUT2D eigenvalue weighted by Crippen LogP contribution is -2.20. The topological polar surface area (TPSA) is 105 Å². The van der Waals surface area contributed by atoms with Gasteiger partial charge in [-0.1, -0.05) is 11.3 Å². The van der Waals surface area contributed by atoms with Crippen LogP contribution in [0, 0.1) is 10.1 Å². The molecule has 0 fully saturated rings. The molecular weight excluding hydrogens is 358 g/mol. The van der Waals surface area contributed by atoms with Crippen LogP contribution in [0.15, 0.2) is 35.5 Å². The van der Waals surface area contributed by atoms with Crippen molar-refractivity contribution in [1.29, 1.82) is 0 Å². The van der Waals surface area contributed by atoms with Gasteiger partial charge < -0.3 is 9.30 Å². The fraction of sp³-hybridized carbons (Fsp3) is 0.312. The van der Waals surface area contributed by atoms with Crippen molar-refractivity contribution in [2.45, 2.75) is 13.5 Å². The van der Waals surface area contributed by atoms with Crippen LogP contribution in [0.25, 0.3) is 10.2 Å². The number of nitro groups is 1. The van der Waals surface area contributed by atoms with E-state index in [1.54, 1.807) is 19.2 Å². The zero-order valence-electron chi connectivity index (χ0n) is 14.3. The van der Waals surface area contributed by atoms with Crippen molar-refractivity contribution in [3.05, 3.63) is 51.1 Å². The number of benzene rings is 1. The number of non-ortho nitro benzene ring substituents is 1. The van der Waals surface area contributed by atoms with Gasteiger partial charge in [0, 0.05) is 38.5 Å². The molecule has 0 saturated heterocycles. The third kappa shape index (κ3) is 3.55. The molecule has 0 atom stereocenters. The van der Waals surface area contributed by atoms with Crippen molar-refractivity contribution >= 4 is 33.1 Å². The molecule has 1 aromatic carbocycles. The maximum atomic E-state index is 12.5. The first-order valence-corrected chi connectivity index (χ1v) is 8.75. The smallest absolute Gasteiger partial charge is 0.297 e. The molecule has 0 saturated carbocycles. The van der Waals surface area contributed by atoms with Gasteiger partial charge in [0.25, 0.3) is 11.6 Å². The molecular formula is C16H17N5O4S. The summed E-state index contributed by atoms with van der Waals surface area (Å²) in [5.41, 5.74) is 1.14. The Hall–Kier alpha value is -2.85. The SMILES string of the molecule is CCOCCn1c(=NC(=O)c2ccnn2C)sc2cc([N+](=O)[O-])ccc21. The van der Waals surface area contributed by atoms with Gasteiger partial charge in [0.2, 0.25) is 0 Å². The van der Waals surface area contributed by atoms with Gasteiger partial charge in [0.1, 0.15) is 5.69 Å². The Morgan fingerprint density at radius 1 is 1.42 bits per heavy atom. The molecule has 3 aromatic rings. The highest BCUT2D eigenvalue weighted by atomic mass is 32.1. The molecule has 1 amide bonds. The van der Waals surface area contributed by atoms with Crippen LogP contribution in [0.3, 0.4) is 0 Å². The van der Waals surface area contributed by atoms with Crippen LogP contribution < -0.4 is 4.80 Å². The van der Waals surface area contributed by atoms with Crippen molar-refractivity contribution in [2.75, 3.05) is 13.2 Å². The van der Waals surface area contributed by atoms with Gasteiger partial charge in [-0.25, -0.2) is 0 Å². The molecule has 26 heavy (non-hydrogen) atoms. The van der Waals surface area contributed by atoms with E-state index in [1.807, 2.05) is 11.5 Å². The second-order valence-corrected chi connectivity index (χ2v) is 6.41. The second-order valence-electron chi connectivity index (χ2n) is 5.40. The number of aromatic nitrogens is 3. The first-order valence-electron chi connectivity index (χ1n) is 7.94. The fourth-order valence-electron chi connectivity index (χ4n) is 2.50. The number of amides is 1.